The van der Waals surface area contributed by atoms with Crippen LogP contribution in [0.3, 0.4) is 0 Å². The number of pyridine rings is 1. The van der Waals surface area contributed by atoms with Gasteiger partial charge in [0.15, 0.2) is 5.75 Å². The number of rotatable bonds is 5. The first-order valence-electron chi connectivity index (χ1n) is 8.04. The highest BCUT2D eigenvalue weighted by Gasteiger charge is 2.26. The number of esters is 1. The number of aromatic nitrogens is 1. The van der Waals surface area contributed by atoms with Gasteiger partial charge in [-0.05, 0) is 36.4 Å². The topological polar surface area (TPSA) is 100 Å². The molecule has 2 aromatic carbocycles. The van der Waals surface area contributed by atoms with Crippen LogP contribution in [0.15, 0.2) is 59.6 Å². The first kappa shape index (κ1) is 19.8. The van der Waals surface area contributed by atoms with Crippen LogP contribution in [0.2, 0.25) is 5.02 Å². The van der Waals surface area contributed by atoms with E-state index in [1.165, 1.54) is 37.5 Å². The second kappa shape index (κ2) is 7.94. The fraction of sp³-hybridized carbons (Fsp3) is 0.105. The summed E-state index contributed by atoms with van der Waals surface area (Å²) in [6.45, 7) is -0.543. The summed E-state index contributed by atoms with van der Waals surface area (Å²) < 4.78 is 31.5. The summed E-state index contributed by atoms with van der Waals surface area (Å²) in [5, 5.41) is 10.2. The van der Waals surface area contributed by atoms with E-state index >= 15 is 0 Å². The third-order valence-corrected chi connectivity index (χ3v) is 6.14. The molecule has 3 rings (SSSR count). The van der Waals surface area contributed by atoms with Crippen LogP contribution in [0.5, 0.6) is 5.75 Å². The minimum atomic E-state index is -4.05. The van der Waals surface area contributed by atoms with E-state index in [1.807, 2.05) is 6.07 Å². The highest BCUT2D eigenvalue weighted by Crippen LogP contribution is 2.29. The zero-order valence-electron chi connectivity index (χ0n) is 14.7. The Morgan fingerprint density at radius 2 is 1.96 bits per heavy atom. The first-order chi connectivity index (χ1) is 13.3. The lowest BCUT2D eigenvalue weighted by Gasteiger charge is -2.17. The normalized spacial score (nSPS) is 11.4. The maximum atomic E-state index is 12.7. The lowest BCUT2D eigenvalue weighted by molar-refractivity contribution is -0.134. The number of sulfonamides is 1. The molecule has 28 heavy (non-hydrogen) atoms. The molecule has 0 aliphatic carbocycles. The van der Waals surface area contributed by atoms with Gasteiger partial charge >= 0.3 is 5.97 Å². The minimum absolute atomic E-state index is 0.00406. The van der Waals surface area contributed by atoms with Crippen LogP contribution >= 0.6 is 11.6 Å². The van der Waals surface area contributed by atoms with Crippen molar-refractivity contribution in [1.29, 1.82) is 5.26 Å². The molecule has 0 saturated carbocycles. The fourth-order valence-corrected chi connectivity index (χ4v) is 4.04. The summed E-state index contributed by atoms with van der Waals surface area (Å²) >= 11 is 6.11. The van der Waals surface area contributed by atoms with E-state index in [4.69, 9.17) is 21.6 Å². The summed E-state index contributed by atoms with van der Waals surface area (Å²) in [5.41, 5.74) is 0.388. The number of fused-ring (bicyclic) bond motifs is 1. The molecule has 0 bridgehead atoms. The number of nitrogens with zero attached hydrogens (tertiary/aromatic N) is 3. The SMILES string of the molecule is CN(CC(=O)Oc1ccc(Cl)c2cccnc12)S(=O)(=O)c1ccccc1C#N. The van der Waals surface area contributed by atoms with Crippen LogP contribution in [0.4, 0.5) is 0 Å². The maximum absolute atomic E-state index is 12.7. The monoisotopic (exact) mass is 415 g/mol. The molecule has 0 unspecified atom stereocenters. The third-order valence-electron chi connectivity index (χ3n) is 3.95. The number of halogens is 1. The molecule has 9 heteroatoms. The average Bonchev–Trinajstić information content (AvgIpc) is 2.70. The lowest BCUT2D eigenvalue weighted by atomic mass is 10.2. The van der Waals surface area contributed by atoms with Gasteiger partial charge in [0.25, 0.3) is 0 Å². The van der Waals surface area contributed by atoms with Gasteiger partial charge in [-0.2, -0.15) is 9.57 Å². The quantitative estimate of drug-likeness (QED) is 0.469. The Hall–Kier alpha value is -2.99. The van der Waals surface area contributed by atoms with E-state index in [9.17, 15) is 13.2 Å². The highest BCUT2D eigenvalue weighted by molar-refractivity contribution is 7.89. The van der Waals surface area contributed by atoms with E-state index in [-0.39, 0.29) is 16.2 Å². The molecule has 0 spiro atoms. The fourth-order valence-electron chi connectivity index (χ4n) is 2.57. The molecule has 1 heterocycles. The molecule has 0 atom stereocenters. The Labute approximate surface area is 166 Å². The Bertz CT molecular complexity index is 1210. The molecule has 0 N–H and O–H groups in total. The zero-order valence-corrected chi connectivity index (χ0v) is 16.2. The molecule has 0 amide bonds. The van der Waals surface area contributed by atoms with Crippen LogP contribution < -0.4 is 4.74 Å². The Morgan fingerprint density at radius 1 is 1.21 bits per heavy atom. The molecule has 0 aliphatic heterocycles. The van der Waals surface area contributed by atoms with Crippen molar-refractivity contribution in [3.8, 4) is 11.8 Å². The Morgan fingerprint density at radius 3 is 2.71 bits per heavy atom. The number of benzene rings is 2. The molecule has 0 radical (unpaired) electrons. The van der Waals surface area contributed by atoms with Gasteiger partial charge in [0.2, 0.25) is 10.0 Å². The molecule has 0 saturated heterocycles. The number of carbonyl (C=O) groups is 1. The van der Waals surface area contributed by atoms with Crippen molar-refractivity contribution in [3.63, 3.8) is 0 Å². The minimum Gasteiger partial charge on any atom is -0.423 e. The average molecular weight is 416 g/mol. The lowest BCUT2D eigenvalue weighted by Crippen LogP contribution is -2.34. The van der Waals surface area contributed by atoms with Crippen molar-refractivity contribution < 1.29 is 17.9 Å². The first-order valence-corrected chi connectivity index (χ1v) is 9.86. The molecular weight excluding hydrogens is 402 g/mol. The Balaban J connectivity index is 1.82. The standard InChI is InChI=1S/C19H14ClN3O4S/c1-23(28(25,26)17-7-3-2-5-13(17)11-21)12-18(24)27-16-9-8-15(20)14-6-4-10-22-19(14)16/h2-10H,12H2,1H3. The van der Waals surface area contributed by atoms with Crippen molar-refractivity contribution in [3.05, 3.63) is 65.3 Å². The number of carbonyl (C=O) groups excluding carboxylic acids is 1. The molecule has 7 nitrogen and oxygen atoms in total. The van der Waals surface area contributed by atoms with Gasteiger partial charge < -0.3 is 4.74 Å². The molecular formula is C19H14ClN3O4S. The zero-order chi connectivity index (χ0) is 20.3. The molecule has 1 aromatic heterocycles. The summed E-state index contributed by atoms with van der Waals surface area (Å²) in [6.07, 6.45) is 1.53. The van der Waals surface area contributed by atoms with Crippen LogP contribution in [-0.4, -0.2) is 37.3 Å². The summed E-state index contributed by atoms with van der Waals surface area (Å²) in [5.74, 6) is -0.622. The molecule has 0 fully saturated rings. The predicted octanol–water partition coefficient (Wildman–Crippen LogP) is 2.99. The van der Waals surface area contributed by atoms with Gasteiger partial charge in [0, 0.05) is 18.6 Å². The van der Waals surface area contributed by atoms with E-state index in [1.54, 1.807) is 24.3 Å². The van der Waals surface area contributed by atoms with Gasteiger partial charge in [-0.3, -0.25) is 9.78 Å². The largest absolute Gasteiger partial charge is 0.423 e. The van der Waals surface area contributed by atoms with Gasteiger partial charge in [-0.15, -0.1) is 0 Å². The summed E-state index contributed by atoms with van der Waals surface area (Å²) in [4.78, 5) is 16.3. The highest BCUT2D eigenvalue weighted by atomic mass is 35.5. The second-order valence-corrected chi connectivity index (χ2v) is 8.21. The van der Waals surface area contributed by atoms with E-state index in [2.05, 4.69) is 4.98 Å². The maximum Gasteiger partial charge on any atom is 0.326 e. The molecule has 0 aliphatic rings. The molecule has 3 aromatic rings. The van der Waals surface area contributed by atoms with Gasteiger partial charge in [-0.1, -0.05) is 23.7 Å². The van der Waals surface area contributed by atoms with Crippen molar-refractivity contribution in [1.82, 2.24) is 9.29 Å². The summed E-state index contributed by atoms with van der Waals surface area (Å²) in [6, 6.07) is 14.1. The van der Waals surface area contributed by atoms with E-state index < -0.39 is 22.5 Å². The van der Waals surface area contributed by atoms with E-state index in [0.29, 0.717) is 15.9 Å². The summed E-state index contributed by atoms with van der Waals surface area (Å²) in [7, 11) is -2.81. The Kier molecular flexibility index (Phi) is 5.61. The van der Waals surface area contributed by atoms with Gasteiger partial charge in [0.05, 0.1) is 15.5 Å². The van der Waals surface area contributed by atoms with Crippen molar-refractivity contribution in [2.75, 3.05) is 13.6 Å². The predicted molar refractivity (Wildman–Crippen MR) is 103 cm³/mol. The van der Waals surface area contributed by atoms with Gasteiger partial charge in [-0.25, -0.2) is 8.42 Å². The third kappa shape index (κ3) is 3.82. The molecule has 142 valence electrons. The second-order valence-electron chi connectivity index (χ2n) is 5.79. The van der Waals surface area contributed by atoms with Crippen LogP contribution in [-0.2, 0) is 14.8 Å². The van der Waals surface area contributed by atoms with Crippen molar-refractivity contribution >= 4 is 38.5 Å². The van der Waals surface area contributed by atoms with Crippen LogP contribution in [0.25, 0.3) is 10.9 Å². The van der Waals surface area contributed by atoms with Crippen LogP contribution in [0, 0.1) is 11.3 Å². The number of hydrogen-bond acceptors (Lipinski definition) is 6. The van der Waals surface area contributed by atoms with E-state index in [0.717, 1.165) is 4.31 Å². The number of ether oxygens (including phenoxy) is 1. The van der Waals surface area contributed by atoms with Gasteiger partial charge in [0.1, 0.15) is 18.1 Å². The van der Waals surface area contributed by atoms with Crippen molar-refractivity contribution in [2.24, 2.45) is 0 Å². The number of nitriles is 1. The van der Waals surface area contributed by atoms with Crippen LogP contribution in [0.1, 0.15) is 5.56 Å². The number of likely N-dealkylation sites (N-methyl/N-ethyl adjacent to an activating group) is 1. The number of hydrogen-bond donors (Lipinski definition) is 0. The van der Waals surface area contributed by atoms with Crippen molar-refractivity contribution in [2.45, 2.75) is 4.90 Å². The smallest absolute Gasteiger partial charge is 0.326 e.